The van der Waals surface area contributed by atoms with Gasteiger partial charge < -0.3 is 68.9 Å². The Bertz CT molecular complexity index is 1340. The van der Waals surface area contributed by atoms with E-state index in [0.29, 0.717) is 12.0 Å². The molecule has 0 radical (unpaired) electrons. The van der Waals surface area contributed by atoms with Crippen molar-refractivity contribution in [1.82, 2.24) is 0 Å². The number of carbonyl (C=O) groups is 1. The normalized spacial score (nSPS) is 31.5. The highest BCUT2D eigenvalue weighted by Crippen LogP contribution is 2.32. The summed E-state index contributed by atoms with van der Waals surface area (Å²) in [4.78, 5) is 12.9. The van der Waals surface area contributed by atoms with Gasteiger partial charge in [0.1, 0.15) is 36.6 Å². The predicted molar refractivity (Wildman–Crippen MR) is 157 cm³/mol. The first-order valence-corrected chi connectivity index (χ1v) is 14.5. The first kappa shape index (κ1) is 35.3. The molecule has 2 heterocycles. The number of aliphatic hydroxyl groups excluding tert-OH is 5. The Morgan fingerprint density at radius 3 is 2.20 bits per heavy atom. The number of phenols is 2. The molecule has 10 atom stereocenters. The van der Waals surface area contributed by atoms with Gasteiger partial charge in [-0.2, -0.15) is 0 Å². The summed E-state index contributed by atoms with van der Waals surface area (Å²) in [6.07, 6.45) is -12.0. The van der Waals surface area contributed by atoms with E-state index in [9.17, 15) is 40.5 Å². The molecule has 46 heavy (non-hydrogen) atoms. The van der Waals surface area contributed by atoms with Gasteiger partial charge in [0.25, 0.3) is 0 Å². The van der Waals surface area contributed by atoms with E-state index in [2.05, 4.69) is 0 Å². The van der Waals surface area contributed by atoms with Gasteiger partial charge in [0.05, 0.1) is 33.5 Å². The Labute approximate surface area is 264 Å². The highest BCUT2D eigenvalue weighted by Gasteiger charge is 2.52. The molecule has 0 saturated carbocycles. The van der Waals surface area contributed by atoms with Crippen molar-refractivity contribution < 1.29 is 73.7 Å². The summed E-state index contributed by atoms with van der Waals surface area (Å²) in [5.74, 6) is -0.622. The van der Waals surface area contributed by atoms with Crippen LogP contribution in [0.2, 0.25) is 0 Å². The van der Waals surface area contributed by atoms with Gasteiger partial charge in [-0.05, 0) is 54.8 Å². The van der Waals surface area contributed by atoms with E-state index in [-0.39, 0.29) is 29.6 Å². The van der Waals surface area contributed by atoms with Gasteiger partial charge in [-0.25, -0.2) is 4.79 Å². The van der Waals surface area contributed by atoms with E-state index >= 15 is 0 Å². The lowest BCUT2D eigenvalue weighted by molar-refractivity contribution is -0.357. The first-order chi connectivity index (χ1) is 22.0. The van der Waals surface area contributed by atoms with E-state index in [1.54, 1.807) is 12.1 Å². The van der Waals surface area contributed by atoms with Crippen LogP contribution in [0.3, 0.4) is 0 Å². The monoisotopic (exact) mass is 652 g/mol. The van der Waals surface area contributed by atoms with Crippen LogP contribution < -0.4 is 9.47 Å². The highest BCUT2D eigenvalue weighted by atomic mass is 16.7. The Kier molecular flexibility index (Phi) is 12.2. The second-order valence-corrected chi connectivity index (χ2v) is 10.8. The molecule has 2 fully saturated rings. The number of benzene rings is 2. The number of carbonyl (C=O) groups excluding carboxylic acids is 1. The fourth-order valence-corrected chi connectivity index (χ4v) is 5.06. The number of hydrogen-bond donors (Lipinski definition) is 7. The molecule has 15 nitrogen and oxygen atoms in total. The van der Waals surface area contributed by atoms with Crippen LogP contribution in [0.25, 0.3) is 6.08 Å². The summed E-state index contributed by atoms with van der Waals surface area (Å²) in [6, 6.07) is 9.10. The number of ether oxygens (including phenoxy) is 7. The van der Waals surface area contributed by atoms with Crippen LogP contribution in [0, 0.1) is 0 Å². The van der Waals surface area contributed by atoms with Crippen LogP contribution in [0.15, 0.2) is 42.5 Å². The quantitative estimate of drug-likeness (QED) is 0.114. The van der Waals surface area contributed by atoms with E-state index < -0.39 is 74.0 Å². The number of aromatic hydroxyl groups is 2. The van der Waals surface area contributed by atoms with Crippen LogP contribution in [-0.4, -0.2) is 131 Å². The molecule has 0 aliphatic carbocycles. The smallest absolute Gasteiger partial charge is 0.331 e. The molecule has 2 aromatic rings. The molecule has 15 heteroatoms. The van der Waals surface area contributed by atoms with E-state index in [4.69, 9.17) is 33.2 Å². The molecule has 4 rings (SSSR count). The van der Waals surface area contributed by atoms with Crippen LogP contribution in [0.5, 0.6) is 23.0 Å². The van der Waals surface area contributed by atoms with Crippen molar-refractivity contribution in [3.05, 3.63) is 53.6 Å². The van der Waals surface area contributed by atoms with Gasteiger partial charge in [-0.15, -0.1) is 0 Å². The Hall–Kier alpha value is -3.51. The lowest BCUT2D eigenvalue weighted by Gasteiger charge is -2.46. The van der Waals surface area contributed by atoms with E-state index in [1.165, 1.54) is 51.5 Å². The number of aliphatic hydroxyl groups is 5. The first-order valence-electron chi connectivity index (χ1n) is 14.5. The summed E-state index contributed by atoms with van der Waals surface area (Å²) < 4.78 is 38.7. The number of phenolic OH excluding ortho intramolecular Hbond substituents is 2. The maximum Gasteiger partial charge on any atom is 0.331 e. The molecule has 0 bridgehead atoms. The molecular weight excluding hydrogens is 612 g/mol. The molecule has 2 aromatic carbocycles. The van der Waals surface area contributed by atoms with Crippen molar-refractivity contribution in [3.63, 3.8) is 0 Å². The molecule has 0 spiro atoms. The molecule has 2 aliphatic heterocycles. The van der Waals surface area contributed by atoms with E-state index in [1.807, 2.05) is 0 Å². The van der Waals surface area contributed by atoms with Gasteiger partial charge >= 0.3 is 5.97 Å². The number of hydrogen-bond acceptors (Lipinski definition) is 15. The Balaban J connectivity index is 1.52. The minimum absolute atomic E-state index is 0.00565. The molecule has 0 aromatic heterocycles. The van der Waals surface area contributed by atoms with Gasteiger partial charge in [0, 0.05) is 6.08 Å². The minimum atomic E-state index is -1.75. The average molecular weight is 653 g/mol. The third-order valence-corrected chi connectivity index (χ3v) is 7.68. The summed E-state index contributed by atoms with van der Waals surface area (Å²) in [6.45, 7) is 0.733. The SMILES string of the molecule is COc1cc(/C=C/C(=O)O[C@@H]2[C@@H](O[C@@H]3O[C@H](C)[C@@H](O)[C@@H](O)[C@@H]3O)[C@H](O)[C@@H](OCCc3ccc(O)c(OC)c3)O[C@H]2CO)ccc1O. The van der Waals surface area contributed by atoms with Crippen molar-refractivity contribution in [2.75, 3.05) is 27.4 Å². The molecular formula is C31H40O15. The van der Waals surface area contributed by atoms with E-state index in [0.717, 1.165) is 11.6 Å². The molecule has 7 N–H and O–H groups in total. The predicted octanol–water partition coefficient (Wildman–Crippen LogP) is -0.410. The Morgan fingerprint density at radius 1 is 0.848 bits per heavy atom. The highest BCUT2D eigenvalue weighted by molar-refractivity contribution is 5.87. The summed E-state index contributed by atoms with van der Waals surface area (Å²) in [7, 11) is 2.78. The van der Waals surface area contributed by atoms with Crippen molar-refractivity contribution in [2.24, 2.45) is 0 Å². The van der Waals surface area contributed by atoms with Crippen LogP contribution in [0.1, 0.15) is 18.1 Å². The zero-order chi connectivity index (χ0) is 33.5. The third kappa shape index (κ3) is 8.25. The molecule has 2 saturated heterocycles. The second kappa shape index (κ2) is 15.9. The topological polar surface area (TPSA) is 223 Å². The minimum Gasteiger partial charge on any atom is -0.504 e. The summed E-state index contributed by atoms with van der Waals surface area (Å²) >= 11 is 0. The maximum absolute atomic E-state index is 12.9. The van der Waals surface area contributed by atoms with Crippen molar-refractivity contribution >= 4 is 12.0 Å². The van der Waals surface area contributed by atoms with Gasteiger partial charge in [0.2, 0.25) is 0 Å². The second-order valence-electron chi connectivity index (χ2n) is 10.8. The molecule has 254 valence electrons. The largest absolute Gasteiger partial charge is 0.504 e. The number of rotatable bonds is 12. The fraction of sp³-hybridized carbons (Fsp3) is 0.516. The van der Waals surface area contributed by atoms with Crippen molar-refractivity contribution in [1.29, 1.82) is 0 Å². The van der Waals surface area contributed by atoms with Crippen molar-refractivity contribution in [2.45, 2.75) is 74.8 Å². The van der Waals surface area contributed by atoms with Gasteiger partial charge in [-0.1, -0.05) is 12.1 Å². The third-order valence-electron chi connectivity index (χ3n) is 7.68. The van der Waals surface area contributed by atoms with Gasteiger partial charge in [-0.3, -0.25) is 0 Å². The molecule has 0 unspecified atom stereocenters. The summed E-state index contributed by atoms with van der Waals surface area (Å²) in [5.41, 5.74) is 1.22. The molecule has 2 aliphatic rings. The zero-order valence-electron chi connectivity index (χ0n) is 25.4. The van der Waals surface area contributed by atoms with Crippen LogP contribution in [-0.2, 0) is 34.9 Å². The lowest BCUT2D eigenvalue weighted by Crippen LogP contribution is -2.65. The average Bonchev–Trinajstić information content (AvgIpc) is 3.05. The standard InChI is InChI=1S/C31H40O15/c1-15-24(36)25(37)26(38)31(43-15)46-29-27(39)30(42-11-10-17-5-8-19(34)21(13-17)41-3)44-22(14-32)28(29)45-23(35)9-6-16-4-7-18(33)20(12-16)40-2/h4-9,12-13,15,22,24-34,36-39H,10-11,14H2,1-3H3/b9-6+/t15-,22+,24-,25-,26+,27+,28+,29+,30+,31+/m1/s1. The fourth-order valence-electron chi connectivity index (χ4n) is 5.06. The maximum atomic E-state index is 12.9. The zero-order valence-corrected chi connectivity index (χ0v) is 25.4. The Morgan fingerprint density at radius 2 is 1.52 bits per heavy atom. The number of esters is 1. The summed E-state index contributed by atoms with van der Waals surface area (Å²) in [5, 5.41) is 72.1. The lowest BCUT2D eigenvalue weighted by atomic mass is 9.97. The van der Waals surface area contributed by atoms with Gasteiger partial charge in [0.15, 0.2) is 41.7 Å². The molecule has 0 amide bonds. The number of methoxy groups -OCH3 is 2. The van der Waals surface area contributed by atoms with Crippen LogP contribution in [0.4, 0.5) is 0 Å². The van der Waals surface area contributed by atoms with Crippen LogP contribution >= 0.6 is 0 Å². The van der Waals surface area contributed by atoms with Crippen molar-refractivity contribution in [3.8, 4) is 23.0 Å².